The summed E-state index contributed by atoms with van der Waals surface area (Å²) in [5.41, 5.74) is 0. The van der Waals surface area contributed by atoms with Crippen LogP contribution in [0.2, 0.25) is 0 Å². The van der Waals surface area contributed by atoms with Crippen LogP contribution in [0.4, 0.5) is 0 Å². The Labute approximate surface area is 112 Å². The van der Waals surface area contributed by atoms with Gasteiger partial charge in [-0.15, -0.1) is 11.8 Å². The molecule has 1 heterocycles. The van der Waals surface area contributed by atoms with E-state index in [0.717, 1.165) is 5.04 Å². The normalized spacial score (nSPS) is 20.5. The molecule has 0 bridgehead atoms. The molecule has 0 saturated carbocycles. The van der Waals surface area contributed by atoms with Crippen LogP contribution in [-0.4, -0.2) is 41.4 Å². The zero-order chi connectivity index (χ0) is 13.7. The van der Waals surface area contributed by atoms with E-state index < -0.39 is 6.04 Å². The maximum atomic E-state index is 11.6. The van der Waals surface area contributed by atoms with Gasteiger partial charge in [-0.1, -0.05) is 13.8 Å². The van der Waals surface area contributed by atoms with Crippen molar-refractivity contribution in [2.45, 2.75) is 39.8 Å². The number of carbonyl (C=O) groups excluding carboxylic acids is 2. The van der Waals surface area contributed by atoms with Crippen LogP contribution in [-0.2, 0) is 14.3 Å². The minimum Gasteiger partial charge on any atom is -0.464 e. The molecule has 0 unspecified atom stereocenters. The number of ether oxygens (including phenoxy) is 1. The van der Waals surface area contributed by atoms with E-state index in [-0.39, 0.29) is 23.8 Å². The van der Waals surface area contributed by atoms with E-state index in [2.05, 4.69) is 10.3 Å². The standard InChI is InChI=1S/C12H20N2O3S/c1-5-17-12(16)9-6-18-11(14-9)10(7(2)3)13-8(4)15/h7,9-10H,5-6H2,1-4H3,(H,13,15)/t9-,10-/m0/s1. The summed E-state index contributed by atoms with van der Waals surface area (Å²) < 4.78 is 4.95. The van der Waals surface area contributed by atoms with E-state index in [9.17, 15) is 9.59 Å². The van der Waals surface area contributed by atoms with E-state index in [1.165, 1.54) is 18.7 Å². The number of esters is 1. The number of hydrogen-bond donors (Lipinski definition) is 1. The van der Waals surface area contributed by atoms with Gasteiger partial charge in [-0.3, -0.25) is 9.79 Å². The van der Waals surface area contributed by atoms with Gasteiger partial charge in [-0.05, 0) is 12.8 Å². The lowest BCUT2D eigenvalue weighted by Gasteiger charge is -2.21. The smallest absolute Gasteiger partial charge is 0.331 e. The Balaban J connectivity index is 2.72. The van der Waals surface area contributed by atoms with Crippen molar-refractivity contribution in [3.63, 3.8) is 0 Å². The summed E-state index contributed by atoms with van der Waals surface area (Å²) >= 11 is 1.52. The Morgan fingerprint density at radius 2 is 2.22 bits per heavy atom. The summed E-state index contributed by atoms with van der Waals surface area (Å²) in [6.07, 6.45) is 0. The highest BCUT2D eigenvalue weighted by Crippen LogP contribution is 2.24. The largest absolute Gasteiger partial charge is 0.464 e. The minimum atomic E-state index is -0.431. The lowest BCUT2D eigenvalue weighted by atomic mass is 10.1. The number of thioether (sulfide) groups is 1. The van der Waals surface area contributed by atoms with Gasteiger partial charge in [-0.2, -0.15) is 0 Å². The van der Waals surface area contributed by atoms with Crippen molar-refractivity contribution in [3.05, 3.63) is 0 Å². The van der Waals surface area contributed by atoms with Crippen molar-refractivity contribution >= 4 is 28.7 Å². The highest BCUT2D eigenvalue weighted by molar-refractivity contribution is 8.14. The summed E-state index contributed by atoms with van der Waals surface area (Å²) in [7, 11) is 0. The van der Waals surface area contributed by atoms with Crippen LogP contribution < -0.4 is 5.32 Å². The second-order valence-electron chi connectivity index (χ2n) is 4.47. The average Bonchev–Trinajstić information content (AvgIpc) is 2.74. The Morgan fingerprint density at radius 3 is 2.72 bits per heavy atom. The molecule has 18 heavy (non-hydrogen) atoms. The van der Waals surface area contributed by atoms with Crippen molar-refractivity contribution in [1.29, 1.82) is 0 Å². The molecule has 0 spiro atoms. The van der Waals surface area contributed by atoms with Crippen molar-refractivity contribution in [2.75, 3.05) is 12.4 Å². The molecule has 0 saturated heterocycles. The SMILES string of the molecule is CCOC(=O)[C@@H]1CSC([C@@H](NC(C)=O)C(C)C)=N1. The van der Waals surface area contributed by atoms with E-state index in [0.29, 0.717) is 12.4 Å². The fourth-order valence-corrected chi connectivity index (χ4v) is 2.91. The van der Waals surface area contributed by atoms with Crippen molar-refractivity contribution in [3.8, 4) is 0 Å². The molecule has 2 atom stereocenters. The van der Waals surface area contributed by atoms with Crippen molar-refractivity contribution < 1.29 is 14.3 Å². The summed E-state index contributed by atoms with van der Waals surface area (Å²) in [6, 6.07) is -0.549. The van der Waals surface area contributed by atoms with Crippen LogP contribution in [0, 0.1) is 5.92 Å². The van der Waals surface area contributed by atoms with Gasteiger partial charge < -0.3 is 10.1 Å². The first-order valence-electron chi connectivity index (χ1n) is 6.10. The highest BCUT2D eigenvalue weighted by Gasteiger charge is 2.31. The van der Waals surface area contributed by atoms with Gasteiger partial charge in [0, 0.05) is 12.7 Å². The second kappa shape index (κ2) is 6.78. The molecular formula is C12H20N2O3S. The van der Waals surface area contributed by atoms with Gasteiger partial charge in [0.05, 0.1) is 17.7 Å². The first-order valence-corrected chi connectivity index (χ1v) is 7.08. The van der Waals surface area contributed by atoms with E-state index in [1.807, 2.05) is 13.8 Å². The zero-order valence-corrected chi connectivity index (χ0v) is 12.0. The van der Waals surface area contributed by atoms with Gasteiger partial charge in [-0.25, -0.2) is 4.79 Å². The maximum Gasteiger partial charge on any atom is 0.331 e. The molecular weight excluding hydrogens is 252 g/mol. The molecule has 1 amide bonds. The molecule has 102 valence electrons. The fraction of sp³-hybridized carbons (Fsp3) is 0.750. The molecule has 0 aromatic heterocycles. The van der Waals surface area contributed by atoms with Crippen molar-refractivity contribution in [2.24, 2.45) is 10.9 Å². The number of nitrogens with one attached hydrogen (secondary N) is 1. The quantitative estimate of drug-likeness (QED) is 0.764. The fourth-order valence-electron chi connectivity index (χ4n) is 1.65. The summed E-state index contributed by atoms with van der Waals surface area (Å²) in [6.45, 7) is 7.66. The van der Waals surface area contributed by atoms with Crippen molar-refractivity contribution in [1.82, 2.24) is 5.32 Å². The molecule has 1 rings (SSSR count). The summed E-state index contributed by atoms with van der Waals surface area (Å²) in [5, 5.41) is 3.69. The van der Waals surface area contributed by atoms with Crippen LogP contribution in [0.3, 0.4) is 0 Å². The Bertz CT molecular complexity index is 355. The predicted octanol–water partition coefficient (Wildman–Crippen LogP) is 1.22. The zero-order valence-electron chi connectivity index (χ0n) is 11.2. The van der Waals surface area contributed by atoms with Crippen LogP contribution >= 0.6 is 11.8 Å². The van der Waals surface area contributed by atoms with Crippen LogP contribution in [0.25, 0.3) is 0 Å². The molecule has 5 nitrogen and oxygen atoms in total. The average molecular weight is 272 g/mol. The molecule has 1 N–H and O–H groups in total. The van der Waals surface area contributed by atoms with Crippen LogP contribution in [0.1, 0.15) is 27.7 Å². The van der Waals surface area contributed by atoms with Crippen LogP contribution in [0.15, 0.2) is 4.99 Å². The first kappa shape index (κ1) is 15.0. The lowest BCUT2D eigenvalue weighted by molar-refractivity contribution is -0.143. The Morgan fingerprint density at radius 1 is 1.56 bits per heavy atom. The monoisotopic (exact) mass is 272 g/mol. The number of amides is 1. The molecule has 0 radical (unpaired) electrons. The van der Waals surface area contributed by atoms with E-state index in [1.54, 1.807) is 6.92 Å². The number of rotatable bonds is 5. The minimum absolute atomic E-state index is 0.0865. The third kappa shape index (κ3) is 4.01. The van der Waals surface area contributed by atoms with Crippen LogP contribution in [0.5, 0.6) is 0 Å². The molecule has 1 aliphatic heterocycles. The molecule has 6 heteroatoms. The Kier molecular flexibility index (Phi) is 5.65. The van der Waals surface area contributed by atoms with Gasteiger partial charge in [0.15, 0.2) is 6.04 Å². The van der Waals surface area contributed by atoms with Gasteiger partial charge in [0.2, 0.25) is 5.91 Å². The van der Waals surface area contributed by atoms with E-state index >= 15 is 0 Å². The number of carbonyl (C=O) groups is 2. The number of nitrogens with zero attached hydrogens (tertiary/aromatic N) is 1. The van der Waals surface area contributed by atoms with E-state index in [4.69, 9.17) is 4.74 Å². The molecule has 0 fully saturated rings. The Hall–Kier alpha value is -1.04. The third-order valence-corrected chi connectivity index (χ3v) is 3.66. The highest BCUT2D eigenvalue weighted by atomic mass is 32.2. The van der Waals surface area contributed by atoms with Gasteiger partial charge in [0.1, 0.15) is 0 Å². The summed E-state index contributed by atoms with van der Waals surface area (Å²) in [5.74, 6) is 0.458. The second-order valence-corrected chi connectivity index (χ2v) is 5.51. The topological polar surface area (TPSA) is 67.8 Å². The third-order valence-electron chi connectivity index (χ3n) is 2.52. The number of hydrogen-bond acceptors (Lipinski definition) is 5. The molecule has 0 aromatic carbocycles. The summed E-state index contributed by atoms with van der Waals surface area (Å²) in [4.78, 5) is 27.1. The molecule has 0 aromatic rings. The van der Waals surface area contributed by atoms with Gasteiger partial charge in [0.25, 0.3) is 0 Å². The molecule has 1 aliphatic rings. The lowest BCUT2D eigenvalue weighted by Crippen LogP contribution is -2.41. The predicted molar refractivity (Wildman–Crippen MR) is 72.8 cm³/mol. The van der Waals surface area contributed by atoms with Gasteiger partial charge >= 0.3 is 5.97 Å². The first-order chi connectivity index (χ1) is 8.45. The maximum absolute atomic E-state index is 11.6. The molecule has 0 aliphatic carbocycles. The number of aliphatic imine (C=N–C) groups is 1.